The third-order valence-corrected chi connectivity index (χ3v) is 7.21. The molecule has 3 heteroatoms. The molecule has 1 aromatic carbocycles. The topological polar surface area (TPSA) is 32.3 Å². The monoisotopic (exact) mass is 354 g/mol. The number of nitrogens with one attached hydrogen (secondary N) is 1. The lowest BCUT2D eigenvalue weighted by molar-refractivity contribution is -0.0957. The number of hydrogen-bond donors (Lipinski definition) is 1. The van der Waals surface area contributed by atoms with E-state index >= 15 is 0 Å². The number of amides is 1. The van der Waals surface area contributed by atoms with Gasteiger partial charge in [-0.3, -0.25) is 4.79 Å². The van der Waals surface area contributed by atoms with Crippen LogP contribution in [-0.4, -0.2) is 37.0 Å². The third kappa shape index (κ3) is 3.69. The maximum absolute atomic E-state index is 12.4. The van der Waals surface area contributed by atoms with E-state index < -0.39 is 0 Å². The molecule has 2 aliphatic carbocycles. The summed E-state index contributed by atoms with van der Waals surface area (Å²) in [4.78, 5) is 15.0. The number of nitrogens with zero attached hydrogens (tertiary/aromatic N) is 1. The molecule has 1 aromatic rings. The highest BCUT2D eigenvalue weighted by Gasteiger charge is 2.51. The van der Waals surface area contributed by atoms with Crippen LogP contribution in [0.4, 0.5) is 0 Å². The van der Waals surface area contributed by atoms with Gasteiger partial charge in [-0.2, -0.15) is 0 Å². The third-order valence-electron chi connectivity index (χ3n) is 7.21. The van der Waals surface area contributed by atoms with E-state index in [1.54, 1.807) is 0 Å². The molecule has 0 radical (unpaired) electrons. The highest BCUT2D eigenvalue weighted by Crippen LogP contribution is 2.51. The van der Waals surface area contributed by atoms with Gasteiger partial charge in [-0.1, -0.05) is 30.5 Å². The summed E-state index contributed by atoms with van der Waals surface area (Å²) in [5, 5.41) is 3.16. The summed E-state index contributed by atoms with van der Waals surface area (Å²) in [5.41, 5.74) is 3.71. The fraction of sp³-hybridized carbons (Fsp3) is 0.696. The summed E-state index contributed by atoms with van der Waals surface area (Å²) in [7, 11) is 0. The second-order valence-electron chi connectivity index (χ2n) is 9.67. The van der Waals surface area contributed by atoms with Gasteiger partial charge in [0.05, 0.1) is 0 Å². The first kappa shape index (κ1) is 18.0. The van der Waals surface area contributed by atoms with Gasteiger partial charge in [0, 0.05) is 25.2 Å². The minimum atomic E-state index is 0.0857. The van der Waals surface area contributed by atoms with E-state index in [1.807, 2.05) is 26.0 Å². The molecule has 4 rings (SSSR count). The second-order valence-corrected chi connectivity index (χ2v) is 9.67. The molecule has 142 valence electrons. The van der Waals surface area contributed by atoms with Crippen LogP contribution in [0.15, 0.2) is 18.2 Å². The van der Waals surface area contributed by atoms with Gasteiger partial charge in [-0.15, -0.1) is 0 Å². The zero-order valence-corrected chi connectivity index (χ0v) is 16.7. The van der Waals surface area contributed by atoms with Crippen LogP contribution in [-0.2, 0) is 0 Å². The molecule has 1 spiro atoms. The molecule has 1 heterocycles. The largest absolute Gasteiger partial charge is 0.352 e. The number of hydrogen-bond acceptors (Lipinski definition) is 2. The van der Waals surface area contributed by atoms with Crippen molar-refractivity contribution in [2.24, 2.45) is 23.2 Å². The van der Waals surface area contributed by atoms with Crippen molar-refractivity contribution in [2.75, 3.05) is 26.2 Å². The summed E-state index contributed by atoms with van der Waals surface area (Å²) in [6.45, 7) is 11.3. The van der Waals surface area contributed by atoms with E-state index in [0.717, 1.165) is 35.1 Å². The first-order chi connectivity index (χ1) is 12.4. The van der Waals surface area contributed by atoms with Crippen LogP contribution in [0.1, 0.15) is 60.5 Å². The Morgan fingerprint density at radius 3 is 2.42 bits per heavy atom. The van der Waals surface area contributed by atoms with Crippen molar-refractivity contribution in [3.8, 4) is 0 Å². The van der Waals surface area contributed by atoms with Crippen molar-refractivity contribution in [2.45, 2.75) is 52.9 Å². The number of rotatable bonds is 6. The molecule has 1 aliphatic heterocycles. The molecule has 0 bridgehead atoms. The van der Waals surface area contributed by atoms with Crippen molar-refractivity contribution >= 4 is 5.91 Å². The Balaban J connectivity index is 1.14. The number of benzene rings is 1. The molecular formula is C23H34N2O. The maximum Gasteiger partial charge on any atom is 0.251 e. The zero-order valence-electron chi connectivity index (χ0n) is 16.7. The van der Waals surface area contributed by atoms with E-state index in [4.69, 9.17) is 0 Å². The van der Waals surface area contributed by atoms with E-state index in [0.29, 0.717) is 11.3 Å². The molecular weight excluding hydrogens is 320 g/mol. The Morgan fingerprint density at radius 1 is 1.15 bits per heavy atom. The summed E-state index contributed by atoms with van der Waals surface area (Å²) in [6, 6.07) is 6.08. The Morgan fingerprint density at radius 2 is 1.85 bits per heavy atom. The van der Waals surface area contributed by atoms with Crippen LogP contribution in [0.3, 0.4) is 0 Å². The van der Waals surface area contributed by atoms with Gasteiger partial charge in [-0.25, -0.2) is 0 Å². The van der Waals surface area contributed by atoms with Gasteiger partial charge >= 0.3 is 0 Å². The van der Waals surface area contributed by atoms with Gasteiger partial charge < -0.3 is 10.2 Å². The lowest BCUT2D eigenvalue weighted by Crippen LogP contribution is -2.63. The Kier molecular flexibility index (Phi) is 4.85. The molecule has 1 amide bonds. The molecule has 3 nitrogen and oxygen atoms in total. The van der Waals surface area contributed by atoms with E-state index in [2.05, 4.69) is 23.2 Å². The van der Waals surface area contributed by atoms with Crippen LogP contribution in [0, 0.1) is 37.0 Å². The van der Waals surface area contributed by atoms with E-state index in [-0.39, 0.29) is 5.91 Å². The average Bonchev–Trinajstić information content (AvgIpc) is 2.51. The molecule has 26 heavy (non-hydrogen) atoms. The quantitative estimate of drug-likeness (QED) is 0.831. The predicted octanol–water partition coefficient (Wildman–Crippen LogP) is 4.18. The van der Waals surface area contributed by atoms with Gasteiger partial charge in [0.15, 0.2) is 0 Å². The predicted molar refractivity (Wildman–Crippen MR) is 106 cm³/mol. The Hall–Kier alpha value is -1.35. The minimum Gasteiger partial charge on any atom is -0.352 e. The number of likely N-dealkylation sites (tertiary alicyclic amines) is 1. The molecule has 0 aromatic heterocycles. The zero-order chi connectivity index (χ0) is 18.3. The van der Waals surface area contributed by atoms with Crippen LogP contribution in [0.2, 0.25) is 0 Å². The molecule has 3 fully saturated rings. The summed E-state index contributed by atoms with van der Waals surface area (Å²) < 4.78 is 0. The van der Waals surface area contributed by atoms with Gasteiger partial charge in [0.1, 0.15) is 0 Å². The van der Waals surface area contributed by atoms with E-state index in [1.165, 1.54) is 51.7 Å². The molecule has 2 atom stereocenters. The van der Waals surface area contributed by atoms with Crippen molar-refractivity contribution < 1.29 is 4.79 Å². The minimum absolute atomic E-state index is 0.0857. The lowest BCUT2D eigenvalue weighted by atomic mass is 9.57. The highest BCUT2D eigenvalue weighted by atomic mass is 16.1. The summed E-state index contributed by atoms with van der Waals surface area (Å²) in [6.07, 6.45) is 6.92. The second kappa shape index (κ2) is 6.99. The smallest absolute Gasteiger partial charge is 0.251 e. The molecule has 1 saturated heterocycles. The van der Waals surface area contributed by atoms with Gasteiger partial charge in [0.25, 0.3) is 5.91 Å². The normalized spacial score (nSPS) is 27.5. The van der Waals surface area contributed by atoms with Gasteiger partial charge in [-0.05, 0) is 81.4 Å². The molecule has 2 unspecified atom stereocenters. The summed E-state index contributed by atoms with van der Waals surface area (Å²) in [5.74, 6) is 2.74. The van der Waals surface area contributed by atoms with Crippen LogP contribution in [0.25, 0.3) is 0 Å². The standard InChI is InChI=1S/C23H34N2O/c1-16-8-17(2)10-21(9-16)22(26)24-13-19-11-23(12-19)14-25(15-23)7-6-20-5-4-18(20)3/h8-10,18-20H,4-7,11-15H2,1-3H3,(H,24,26). The van der Waals surface area contributed by atoms with Crippen molar-refractivity contribution in [1.82, 2.24) is 10.2 Å². The fourth-order valence-corrected chi connectivity index (χ4v) is 5.59. The lowest BCUT2D eigenvalue weighted by Gasteiger charge is -2.59. The number of carbonyl (C=O) groups excluding carboxylic acids is 1. The maximum atomic E-state index is 12.4. The molecule has 3 aliphatic rings. The van der Waals surface area contributed by atoms with Crippen LogP contribution in [0.5, 0.6) is 0 Å². The number of carbonyl (C=O) groups is 1. The first-order valence-electron chi connectivity index (χ1n) is 10.5. The van der Waals surface area contributed by atoms with Crippen LogP contribution >= 0.6 is 0 Å². The van der Waals surface area contributed by atoms with E-state index in [9.17, 15) is 4.79 Å². The highest BCUT2D eigenvalue weighted by molar-refractivity contribution is 5.94. The van der Waals surface area contributed by atoms with Crippen molar-refractivity contribution in [1.29, 1.82) is 0 Å². The van der Waals surface area contributed by atoms with Crippen LogP contribution < -0.4 is 5.32 Å². The molecule has 2 saturated carbocycles. The average molecular weight is 355 g/mol. The van der Waals surface area contributed by atoms with Gasteiger partial charge in [0.2, 0.25) is 0 Å². The van der Waals surface area contributed by atoms with Crippen molar-refractivity contribution in [3.63, 3.8) is 0 Å². The number of aryl methyl sites for hydroxylation is 2. The molecule has 1 N–H and O–H groups in total. The first-order valence-corrected chi connectivity index (χ1v) is 10.5. The Labute approximate surface area is 158 Å². The van der Waals surface area contributed by atoms with Crippen molar-refractivity contribution in [3.05, 3.63) is 34.9 Å². The fourth-order valence-electron chi connectivity index (χ4n) is 5.59. The Bertz CT molecular complexity index is 649. The summed E-state index contributed by atoms with van der Waals surface area (Å²) >= 11 is 0. The SMILES string of the molecule is Cc1cc(C)cc(C(=O)NCC2CC3(C2)CN(CCC2CCC2C)C3)c1.